The zero-order valence-corrected chi connectivity index (χ0v) is 30.3. The molecule has 0 saturated heterocycles. The summed E-state index contributed by atoms with van der Waals surface area (Å²) in [4.78, 5) is 57.2. The number of amides is 3. The Kier molecular flexibility index (Phi) is 14.5. The summed E-state index contributed by atoms with van der Waals surface area (Å²) in [7, 11) is 0. The maximum atomic E-state index is 14.6. The summed E-state index contributed by atoms with van der Waals surface area (Å²) in [5.41, 5.74) is 0.986. The largest absolute Gasteiger partial charge is 0.458 e. The van der Waals surface area contributed by atoms with Crippen molar-refractivity contribution < 1.29 is 28.7 Å². The number of nitrogens with one attached hydrogen (secondary N) is 2. The molecule has 4 unspecified atom stereocenters. The minimum absolute atomic E-state index is 0.0520. The minimum atomic E-state index is -1.10. The van der Waals surface area contributed by atoms with Crippen molar-refractivity contribution >= 4 is 23.9 Å². The van der Waals surface area contributed by atoms with Gasteiger partial charge in [0.25, 0.3) is 0 Å². The van der Waals surface area contributed by atoms with Crippen LogP contribution < -0.4 is 10.6 Å². The number of benzene rings is 2. The molecule has 0 saturated carbocycles. The zero-order valence-electron chi connectivity index (χ0n) is 30.3. The second kappa shape index (κ2) is 17.3. The Balaban J connectivity index is 2.65. The molecule has 9 nitrogen and oxygen atoms in total. The molecule has 0 aliphatic rings. The molecule has 0 fully saturated rings. The van der Waals surface area contributed by atoms with Gasteiger partial charge in [-0.2, -0.15) is 0 Å². The fraction of sp³-hybridized carbons (Fsp3) is 0.579. The lowest BCUT2D eigenvalue weighted by atomic mass is 9.96. The molecule has 0 bridgehead atoms. The number of hydrogen-bond donors (Lipinski definition) is 2. The second-order valence-electron chi connectivity index (χ2n) is 14.6. The number of rotatable bonds is 14. The number of esters is 1. The molecule has 0 aromatic heterocycles. The lowest BCUT2D eigenvalue weighted by Gasteiger charge is -2.39. The molecule has 2 rings (SSSR count). The molecule has 0 spiro atoms. The van der Waals surface area contributed by atoms with Gasteiger partial charge in [0.15, 0.2) is 0 Å². The smallest absolute Gasteiger partial charge is 0.408 e. The van der Waals surface area contributed by atoms with Gasteiger partial charge in [-0.3, -0.25) is 9.59 Å². The van der Waals surface area contributed by atoms with Crippen LogP contribution >= 0.6 is 0 Å². The number of aryl methyl sites for hydroxylation is 1. The van der Waals surface area contributed by atoms with Crippen molar-refractivity contribution in [3.63, 3.8) is 0 Å². The molecule has 4 atom stereocenters. The highest BCUT2D eigenvalue weighted by Gasteiger charge is 2.40. The van der Waals surface area contributed by atoms with Crippen LogP contribution in [0.2, 0.25) is 0 Å². The fourth-order valence-electron chi connectivity index (χ4n) is 5.16. The first-order valence-corrected chi connectivity index (χ1v) is 16.8. The quantitative estimate of drug-likeness (QED) is 0.214. The summed E-state index contributed by atoms with van der Waals surface area (Å²) in [6, 6.07) is 13.5. The van der Waals surface area contributed by atoms with E-state index in [4.69, 9.17) is 9.47 Å². The first-order chi connectivity index (χ1) is 21.8. The Morgan fingerprint density at radius 3 is 1.81 bits per heavy atom. The van der Waals surface area contributed by atoms with E-state index < -0.39 is 59.2 Å². The first kappa shape index (κ1) is 39.3. The summed E-state index contributed by atoms with van der Waals surface area (Å²) >= 11 is 0. The summed E-state index contributed by atoms with van der Waals surface area (Å²) in [5, 5.41) is 5.75. The van der Waals surface area contributed by atoms with Gasteiger partial charge in [-0.15, -0.1) is 0 Å². The highest BCUT2D eigenvalue weighted by molar-refractivity contribution is 5.94. The molecule has 260 valence electrons. The van der Waals surface area contributed by atoms with E-state index in [1.807, 2.05) is 89.2 Å². The van der Waals surface area contributed by atoms with Gasteiger partial charge in [0, 0.05) is 12.5 Å². The third kappa shape index (κ3) is 13.0. The standard InChI is InChI=1S/C38H57N3O6/c1-12-26(5)41(34(43)30(23-25(3)4)40-36(45)47-38(9,10)11)32(29-21-19-27(13-2)20-22-29)33(42)39-31(35(44)46-37(6,7)8)24-28-17-15-14-16-18-28/h14-22,25-26,30-32H,12-13,23-24H2,1-11H3,(H,39,42)(H,40,45). The van der Waals surface area contributed by atoms with Crippen LogP contribution in [0.15, 0.2) is 54.6 Å². The Hall–Kier alpha value is -3.88. The molecule has 0 radical (unpaired) electrons. The fourth-order valence-corrected chi connectivity index (χ4v) is 5.16. The van der Waals surface area contributed by atoms with Gasteiger partial charge in [-0.05, 0) is 90.3 Å². The molecular weight excluding hydrogens is 594 g/mol. The van der Waals surface area contributed by atoms with Crippen molar-refractivity contribution in [2.24, 2.45) is 5.92 Å². The number of nitrogens with zero attached hydrogens (tertiary/aromatic N) is 1. The van der Waals surface area contributed by atoms with Gasteiger partial charge < -0.3 is 25.0 Å². The average Bonchev–Trinajstić information content (AvgIpc) is 2.97. The minimum Gasteiger partial charge on any atom is -0.458 e. The van der Waals surface area contributed by atoms with Crippen molar-refractivity contribution in [1.29, 1.82) is 0 Å². The maximum Gasteiger partial charge on any atom is 0.408 e. The lowest BCUT2D eigenvalue weighted by Crippen LogP contribution is -2.57. The van der Waals surface area contributed by atoms with Gasteiger partial charge in [-0.25, -0.2) is 9.59 Å². The average molecular weight is 652 g/mol. The summed E-state index contributed by atoms with van der Waals surface area (Å²) < 4.78 is 11.2. The molecule has 0 aliphatic heterocycles. The second-order valence-corrected chi connectivity index (χ2v) is 14.6. The van der Waals surface area contributed by atoms with Crippen molar-refractivity contribution in [2.45, 2.75) is 137 Å². The van der Waals surface area contributed by atoms with Crippen LogP contribution in [0.4, 0.5) is 4.79 Å². The maximum absolute atomic E-state index is 14.6. The van der Waals surface area contributed by atoms with E-state index >= 15 is 0 Å². The highest BCUT2D eigenvalue weighted by Crippen LogP contribution is 2.28. The van der Waals surface area contributed by atoms with Crippen molar-refractivity contribution in [1.82, 2.24) is 15.5 Å². The third-order valence-corrected chi connectivity index (χ3v) is 7.54. The SMILES string of the molecule is CCc1ccc(C(C(=O)NC(Cc2ccccc2)C(=O)OC(C)(C)C)N(C(=O)C(CC(C)C)NC(=O)OC(C)(C)C)C(C)CC)cc1. The molecule has 0 aliphatic carbocycles. The summed E-state index contributed by atoms with van der Waals surface area (Å²) in [6.07, 6.45) is 1.18. The van der Waals surface area contributed by atoms with Crippen LogP contribution in [0, 0.1) is 5.92 Å². The van der Waals surface area contributed by atoms with E-state index in [0.717, 1.165) is 17.5 Å². The number of hydrogen-bond acceptors (Lipinski definition) is 6. The highest BCUT2D eigenvalue weighted by atomic mass is 16.6. The van der Waals surface area contributed by atoms with E-state index in [0.29, 0.717) is 18.4 Å². The predicted octanol–water partition coefficient (Wildman–Crippen LogP) is 6.93. The number of carbonyl (C=O) groups is 4. The van der Waals surface area contributed by atoms with E-state index in [1.54, 1.807) is 46.4 Å². The predicted molar refractivity (Wildman–Crippen MR) is 186 cm³/mol. The van der Waals surface area contributed by atoms with E-state index in [2.05, 4.69) is 10.6 Å². The van der Waals surface area contributed by atoms with Crippen molar-refractivity contribution in [3.8, 4) is 0 Å². The Bertz CT molecular complexity index is 1310. The molecule has 2 aromatic rings. The van der Waals surface area contributed by atoms with Crippen LogP contribution in [0.3, 0.4) is 0 Å². The van der Waals surface area contributed by atoms with Crippen molar-refractivity contribution in [2.75, 3.05) is 0 Å². The third-order valence-electron chi connectivity index (χ3n) is 7.54. The first-order valence-electron chi connectivity index (χ1n) is 16.8. The molecule has 2 N–H and O–H groups in total. The molecular formula is C38H57N3O6. The van der Waals surface area contributed by atoms with Gasteiger partial charge in [-0.1, -0.05) is 82.3 Å². The molecule has 9 heteroatoms. The Labute approximate surface area is 282 Å². The monoisotopic (exact) mass is 651 g/mol. The Morgan fingerprint density at radius 1 is 0.745 bits per heavy atom. The molecule has 2 aromatic carbocycles. The van der Waals surface area contributed by atoms with Crippen LogP contribution in [-0.2, 0) is 36.7 Å². The van der Waals surface area contributed by atoms with Crippen LogP contribution in [0.1, 0.15) is 112 Å². The normalized spacial score (nSPS) is 14.4. The number of alkyl carbamates (subject to hydrolysis) is 1. The van der Waals surface area contributed by atoms with Gasteiger partial charge >= 0.3 is 12.1 Å². The Morgan fingerprint density at radius 2 is 1.32 bits per heavy atom. The van der Waals surface area contributed by atoms with Crippen LogP contribution in [-0.4, -0.2) is 58.1 Å². The molecule has 47 heavy (non-hydrogen) atoms. The zero-order chi connectivity index (χ0) is 35.5. The summed E-state index contributed by atoms with van der Waals surface area (Å²) in [5.74, 6) is -1.44. The number of ether oxygens (including phenoxy) is 2. The lowest BCUT2D eigenvalue weighted by molar-refractivity contribution is -0.159. The van der Waals surface area contributed by atoms with Gasteiger partial charge in [0.1, 0.15) is 29.3 Å². The molecule has 0 heterocycles. The van der Waals surface area contributed by atoms with Crippen LogP contribution in [0.5, 0.6) is 0 Å². The van der Waals surface area contributed by atoms with Gasteiger partial charge in [0.05, 0.1) is 0 Å². The summed E-state index contributed by atoms with van der Waals surface area (Å²) in [6.45, 7) is 20.4. The van der Waals surface area contributed by atoms with Crippen LogP contribution in [0.25, 0.3) is 0 Å². The number of carbonyl (C=O) groups excluding carboxylic acids is 4. The van der Waals surface area contributed by atoms with E-state index in [-0.39, 0.29) is 12.3 Å². The van der Waals surface area contributed by atoms with Crippen molar-refractivity contribution in [3.05, 3.63) is 71.3 Å². The molecule has 3 amide bonds. The van der Waals surface area contributed by atoms with Gasteiger partial charge in [0.2, 0.25) is 11.8 Å². The topological polar surface area (TPSA) is 114 Å². The van der Waals surface area contributed by atoms with E-state index in [9.17, 15) is 19.2 Å². The van der Waals surface area contributed by atoms with E-state index in [1.165, 1.54) is 0 Å².